The molecule has 0 radical (unpaired) electrons. The minimum atomic E-state index is -0.370. The van der Waals surface area contributed by atoms with Gasteiger partial charge in [-0.05, 0) is 23.3 Å². The average molecular weight is 282 g/mol. The maximum atomic E-state index is 12.9. The van der Waals surface area contributed by atoms with Crippen LogP contribution in [0.4, 0.5) is 0 Å². The third-order valence-corrected chi connectivity index (χ3v) is 4.00. The van der Waals surface area contributed by atoms with Crippen molar-refractivity contribution in [2.75, 3.05) is 13.1 Å². The highest BCUT2D eigenvalue weighted by molar-refractivity contribution is 6.08. The van der Waals surface area contributed by atoms with Gasteiger partial charge in [0.2, 0.25) is 5.91 Å². The molecule has 4 nitrogen and oxygen atoms in total. The molecule has 0 aliphatic carbocycles. The number of nitrogens with one attached hydrogen (secondary N) is 1. The summed E-state index contributed by atoms with van der Waals surface area (Å²) < 4.78 is 0. The molecule has 4 heteroatoms. The van der Waals surface area contributed by atoms with Gasteiger partial charge in [-0.15, -0.1) is 0 Å². The van der Waals surface area contributed by atoms with E-state index in [0.717, 1.165) is 10.8 Å². The predicted octanol–water partition coefficient (Wildman–Crippen LogP) is 2.19. The summed E-state index contributed by atoms with van der Waals surface area (Å²) >= 11 is 0. The minimum absolute atomic E-state index is 0.0580. The number of rotatable bonds is 2. The molecule has 2 aromatic carbocycles. The number of fused-ring (bicyclic) bond motifs is 1. The smallest absolute Gasteiger partial charge is 0.255 e. The number of carbonyl (C=O) groups is 2. The largest absolute Gasteiger partial charge is 0.353 e. The molecule has 108 valence electrons. The Morgan fingerprint density at radius 2 is 2.00 bits per heavy atom. The van der Waals surface area contributed by atoms with E-state index in [1.54, 1.807) is 4.90 Å². The Kier molecular flexibility index (Phi) is 3.60. The minimum Gasteiger partial charge on any atom is -0.353 e. The summed E-state index contributed by atoms with van der Waals surface area (Å²) in [7, 11) is 0. The Morgan fingerprint density at radius 3 is 2.81 bits per heavy atom. The van der Waals surface area contributed by atoms with Crippen LogP contribution in [0.15, 0.2) is 42.5 Å². The SMILES string of the molecule is CC[C@H]1C(=O)NCCN1C(=O)c1cccc2ccccc12. The van der Waals surface area contributed by atoms with E-state index in [-0.39, 0.29) is 17.9 Å². The van der Waals surface area contributed by atoms with E-state index in [9.17, 15) is 9.59 Å². The molecule has 1 aliphatic rings. The number of nitrogens with zero attached hydrogens (tertiary/aromatic N) is 1. The standard InChI is InChI=1S/C17H18N2O2/c1-2-15-16(20)18-10-11-19(15)17(21)14-9-5-7-12-6-3-4-8-13(12)14/h3-9,15H,2,10-11H2,1H3,(H,18,20)/t15-/m0/s1. The van der Waals surface area contributed by atoms with Gasteiger partial charge in [0.15, 0.2) is 0 Å². The molecule has 1 saturated heterocycles. The molecule has 2 aromatic rings. The lowest BCUT2D eigenvalue weighted by atomic mass is 10.0. The summed E-state index contributed by atoms with van der Waals surface area (Å²) in [5.74, 6) is -0.120. The molecule has 2 amide bonds. The summed E-state index contributed by atoms with van der Waals surface area (Å²) in [6.07, 6.45) is 0.627. The number of hydrogen-bond donors (Lipinski definition) is 1. The molecule has 3 rings (SSSR count). The molecule has 1 fully saturated rings. The number of piperazine rings is 1. The molecule has 21 heavy (non-hydrogen) atoms. The van der Waals surface area contributed by atoms with Crippen LogP contribution in [0, 0.1) is 0 Å². The molecule has 1 atom stereocenters. The molecule has 0 spiro atoms. The number of hydrogen-bond acceptors (Lipinski definition) is 2. The van der Waals surface area contributed by atoms with E-state index in [1.807, 2.05) is 49.4 Å². The summed E-state index contributed by atoms with van der Waals surface area (Å²) in [6, 6.07) is 13.2. The van der Waals surface area contributed by atoms with Crippen LogP contribution >= 0.6 is 0 Å². The fourth-order valence-corrected chi connectivity index (χ4v) is 2.93. The highest BCUT2D eigenvalue weighted by Crippen LogP contribution is 2.22. The third-order valence-electron chi connectivity index (χ3n) is 4.00. The molecule has 1 aliphatic heterocycles. The first-order valence-corrected chi connectivity index (χ1v) is 7.29. The summed E-state index contributed by atoms with van der Waals surface area (Å²) in [6.45, 7) is 3.01. The topological polar surface area (TPSA) is 49.4 Å². The number of carbonyl (C=O) groups excluding carboxylic acids is 2. The zero-order chi connectivity index (χ0) is 14.8. The maximum absolute atomic E-state index is 12.9. The highest BCUT2D eigenvalue weighted by Gasteiger charge is 2.32. The van der Waals surface area contributed by atoms with E-state index in [1.165, 1.54) is 0 Å². The maximum Gasteiger partial charge on any atom is 0.255 e. The van der Waals surface area contributed by atoms with Gasteiger partial charge >= 0.3 is 0 Å². The van der Waals surface area contributed by atoms with Crippen LogP contribution in [-0.4, -0.2) is 35.8 Å². The lowest BCUT2D eigenvalue weighted by Gasteiger charge is -2.34. The summed E-state index contributed by atoms with van der Waals surface area (Å²) in [4.78, 5) is 26.5. The van der Waals surface area contributed by atoms with Crippen LogP contribution < -0.4 is 5.32 Å². The van der Waals surface area contributed by atoms with Gasteiger partial charge in [-0.3, -0.25) is 9.59 Å². The first-order chi connectivity index (χ1) is 10.2. The van der Waals surface area contributed by atoms with Crippen LogP contribution in [-0.2, 0) is 4.79 Å². The van der Waals surface area contributed by atoms with E-state index in [4.69, 9.17) is 0 Å². The third kappa shape index (κ3) is 2.37. The average Bonchev–Trinajstić information content (AvgIpc) is 2.53. The predicted molar refractivity (Wildman–Crippen MR) is 82.1 cm³/mol. The summed E-state index contributed by atoms with van der Waals surface area (Å²) in [5, 5.41) is 4.80. The lowest BCUT2D eigenvalue weighted by Crippen LogP contribution is -2.56. The normalized spacial score (nSPS) is 18.6. The quantitative estimate of drug-likeness (QED) is 0.918. The number of benzene rings is 2. The molecular formula is C17H18N2O2. The van der Waals surface area contributed by atoms with Gasteiger partial charge in [0.05, 0.1) is 0 Å². The first-order valence-electron chi connectivity index (χ1n) is 7.29. The van der Waals surface area contributed by atoms with Crippen LogP contribution in [0.2, 0.25) is 0 Å². The lowest BCUT2D eigenvalue weighted by molar-refractivity contribution is -0.127. The van der Waals surface area contributed by atoms with Crippen LogP contribution in [0.3, 0.4) is 0 Å². The fraction of sp³-hybridized carbons (Fsp3) is 0.294. The van der Waals surface area contributed by atoms with E-state index in [0.29, 0.717) is 25.1 Å². The van der Waals surface area contributed by atoms with Crippen molar-refractivity contribution >= 4 is 22.6 Å². The van der Waals surface area contributed by atoms with Crippen molar-refractivity contribution in [3.05, 3.63) is 48.0 Å². The first kappa shape index (κ1) is 13.6. The zero-order valence-electron chi connectivity index (χ0n) is 12.0. The fourth-order valence-electron chi connectivity index (χ4n) is 2.93. The molecular weight excluding hydrogens is 264 g/mol. The molecule has 0 unspecified atom stereocenters. The van der Waals surface area contributed by atoms with Crippen molar-refractivity contribution < 1.29 is 9.59 Å². The second-order valence-electron chi connectivity index (χ2n) is 5.24. The van der Waals surface area contributed by atoms with Crippen molar-refractivity contribution in [2.45, 2.75) is 19.4 Å². The van der Waals surface area contributed by atoms with Crippen LogP contribution in [0.5, 0.6) is 0 Å². The number of amides is 2. The van der Waals surface area contributed by atoms with Crippen molar-refractivity contribution in [3.8, 4) is 0 Å². The Bertz CT molecular complexity index is 691. The summed E-state index contributed by atoms with van der Waals surface area (Å²) in [5.41, 5.74) is 0.668. The van der Waals surface area contributed by atoms with Gasteiger partial charge in [0.1, 0.15) is 6.04 Å². The second-order valence-corrected chi connectivity index (χ2v) is 5.24. The van der Waals surface area contributed by atoms with Crippen molar-refractivity contribution in [1.82, 2.24) is 10.2 Å². The Morgan fingerprint density at radius 1 is 1.24 bits per heavy atom. The Labute approximate surface area is 123 Å². The highest BCUT2D eigenvalue weighted by atomic mass is 16.2. The molecule has 0 bridgehead atoms. The van der Waals surface area contributed by atoms with E-state index >= 15 is 0 Å². The Balaban J connectivity index is 2.02. The molecule has 0 aromatic heterocycles. The van der Waals surface area contributed by atoms with Gasteiger partial charge in [-0.1, -0.05) is 43.3 Å². The molecule has 1 heterocycles. The second kappa shape index (κ2) is 5.56. The van der Waals surface area contributed by atoms with Crippen molar-refractivity contribution in [3.63, 3.8) is 0 Å². The van der Waals surface area contributed by atoms with E-state index < -0.39 is 0 Å². The van der Waals surface area contributed by atoms with Gasteiger partial charge < -0.3 is 10.2 Å². The molecule has 1 N–H and O–H groups in total. The zero-order valence-corrected chi connectivity index (χ0v) is 12.0. The van der Waals surface area contributed by atoms with Gasteiger partial charge in [-0.2, -0.15) is 0 Å². The van der Waals surface area contributed by atoms with Crippen LogP contribution in [0.1, 0.15) is 23.7 Å². The van der Waals surface area contributed by atoms with E-state index in [2.05, 4.69) is 5.32 Å². The van der Waals surface area contributed by atoms with Crippen molar-refractivity contribution in [1.29, 1.82) is 0 Å². The van der Waals surface area contributed by atoms with Gasteiger partial charge in [0, 0.05) is 18.7 Å². The Hall–Kier alpha value is -2.36. The monoisotopic (exact) mass is 282 g/mol. The van der Waals surface area contributed by atoms with Crippen LogP contribution in [0.25, 0.3) is 10.8 Å². The van der Waals surface area contributed by atoms with Gasteiger partial charge in [-0.25, -0.2) is 0 Å². The van der Waals surface area contributed by atoms with Gasteiger partial charge in [0.25, 0.3) is 5.91 Å². The van der Waals surface area contributed by atoms with Crippen molar-refractivity contribution in [2.24, 2.45) is 0 Å². The molecule has 0 saturated carbocycles.